The molecule has 4 nitrogen and oxygen atoms in total. The van der Waals surface area contributed by atoms with Crippen LogP contribution < -0.4 is 10.2 Å². The van der Waals surface area contributed by atoms with E-state index in [0.717, 1.165) is 30.2 Å². The van der Waals surface area contributed by atoms with Crippen molar-refractivity contribution in [3.05, 3.63) is 53.7 Å². The molecule has 126 valence electrons. The van der Waals surface area contributed by atoms with Gasteiger partial charge in [0.05, 0.1) is 18.3 Å². The summed E-state index contributed by atoms with van der Waals surface area (Å²) in [7, 11) is 0. The molecule has 3 rings (SSSR count). The maximum absolute atomic E-state index is 12.2. The van der Waals surface area contributed by atoms with Crippen molar-refractivity contribution in [3.63, 3.8) is 0 Å². The number of aryl methyl sites for hydroxylation is 1. The molecule has 1 aromatic carbocycles. The molecule has 1 fully saturated rings. The van der Waals surface area contributed by atoms with Crippen LogP contribution in [0.3, 0.4) is 0 Å². The fraction of sp³-hybridized carbons (Fsp3) is 0.400. The van der Waals surface area contributed by atoms with Gasteiger partial charge in [-0.25, -0.2) is 4.98 Å². The molecule has 24 heavy (non-hydrogen) atoms. The lowest BCUT2D eigenvalue weighted by molar-refractivity contribution is -0.115. The smallest absolute Gasteiger partial charge is 0.228 e. The van der Waals surface area contributed by atoms with E-state index in [4.69, 9.17) is 0 Å². The van der Waals surface area contributed by atoms with Crippen molar-refractivity contribution in [3.8, 4) is 0 Å². The molecule has 1 aliphatic rings. The Kier molecular flexibility index (Phi) is 5.14. The molecule has 1 unspecified atom stereocenters. The van der Waals surface area contributed by atoms with Crippen LogP contribution in [-0.2, 0) is 11.2 Å². The molecule has 0 aliphatic carbocycles. The Balaban J connectivity index is 1.58. The Morgan fingerprint density at radius 3 is 2.92 bits per heavy atom. The fourth-order valence-corrected chi connectivity index (χ4v) is 3.26. The Morgan fingerprint density at radius 2 is 2.21 bits per heavy atom. The van der Waals surface area contributed by atoms with E-state index in [1.165, 1.54) is 18.4 Å². The van der Waals surface area contributed by atoms with Crippen molar-refractivity contribution in [2.24, 2.45) is 5.92 Å². The van der Waals surface area contributed by atoms with Gasteiger partial charge in [-0.3, -0.25) is 4.79 Å². The predicted molar refractivity (Wildman–Crippen MR) is 98.4 cm³/mol. The van der Waals surface area contributed by atoms with E-state index in [9.17, 15) is 4.79 Å². The third kappa shape index (κ3) is 4.34. The maximum Gasteiger partial charge on any atom is 0.228 e. The summed E-state index contributed by atoms with van der Waals surface area (Å²) in [5, 5.41) is 2.93. The molecule has 1 amide bonds. The first-order valence-corrected chi connectivity index (χ1v) is 8.66. The number of carbonyl (C=O) groups is 1. The van der Waals surface area contributed by atoms with Crippen molar-refractivity contribution >= 4 is 17.4 Å². The Hall–Kier alpha value is -2.36. The molecule has 0 spiro atoms. The van der Waals surface area contributed by atoms with Crippen molar-refractivity contribution in [1.29, 1.82) is 0 Å². The second kappa shape index (κ2) is 7.47. The number of amides is 1. The monoisotopic (exact) mass is 323 g/mol. The van der Waals surface area contributed by atoms with Gasteiger partial charge in [0.2, 0.25) is 5.91 Å². The highest BCUT2D eigenvalue weighted by Gasteiger charge is 2.17. The third-order valence-corrected chi connectivity index (χ3v) is 4.46. The molecule has 1 aliphatic heterocycles. The summed E-state index contributed by atoms with van der Waals surface area (Å²) in [4.78, 5) is 19.0. The number of pyridine rings is 1. The van der Waals surface area contributed by atoms with E-state index in [0.29, 0.717) is 12.3 Å². The van der Waals surface area contributed by atoms with Crippen LogP contribution in [0.4, 0.5) is 11.5 Å². The topological polar surface area (TPSA) is 45.2 Å². The molecule has 1 saturated heterocycles. The summed E-state index contributed by atoms with van der Waals surface area (Å²) in [6, 6.07) is 12.0. The summed E-state index contributed by atoms with van der Waals surface area (Å²) in [6.45, 7) is 6.44. The summed E-state index contributed by atoms with van der Waals surface area (Å²) < 4.78 is 0. The molecular weight excluding hydrogens is 298 g/mol. The molecular formula is C20H25N3O. The van der Waals surface area contributed by atoms with Gasteiger partial charge in [-0.15, -0.1) is 0 Å². The van der Waals surface area contributed by atoms with Gasteiger partial charge in [-0.2, -0.15) is 0 Å². The first-order chi connectivity index (χ1) is 11.6. The van der Waals surface area contributed by atoms with Crippen LogP contribution in [0.5, 0.6) is 0 Å². The minimum atomic E-state index is -0.0123. The van der Waals surface area contributed by atoms with Gasteiger partial charge >= 0.3 is 0 Å². The van der Waals surface area contributed by atoms with E-state index in [-0.39, 0.29) is 5.91 Å². The number of aromatic nitrogens is 1. The molecule has 2 aromatic rings. The number of carbonyl (C=O) groups excluding carboxylic acids is 1. The zero-order valence-corrected chi connectivity index (χ0v) is 14.5. The predicted octanol–water partition coefficient (Wildman–Crippen LogP) is 3.81. The molecule has 1 atom stereocenters. The van der Waals surface area contributed by atoms with Crippen molar-refractivity contribution in [1.82, 2.24) is 4.98 Å². The minimum Gasteiger partial charge on any atom is -0.356 e. The molecule has 0 radical (unpaired) electrons. The summed E-state index contributed by atoms with van der Waals surface area (Å²) in [5.41, 5.74) is 2.95. The number of rotatable bonds is 4. The number of piperidine rings is 1. The standard InChI is InChI=1S/C20H25N3O/c1-15-5-3-7-17(11-15)12-20(24)22-18-8-9-19(21-13-18)23-10-4-6-16(2)14-23/h3,5,7-9,11,13,16H,4,6,10,12,14H2,1-2H3,(H,22,24). The molecule has 0 bridgehead atoms. The molecule has 1 N–H and O–H groups in total. The third-order valence-electron chi connectivity index (χ3n) is 4.46. The summed E-state index contributed by atoms with van der Waals surface area (Å²) in [5.74, 6) is 1.70. The quantitative estimate of drug-likeness (QED) is 0.930. The number of nitrogens with zero attached hydrogens (tertiary/aromatic N) is 2. The zero-order valence-electron chi connectivity index (χ0n) is 14.5. The zero-order chi connectivity index (χ0) is 16.9. The van der Waals surface area contributed by atoms with Gasteiger partial charge < -0.3 is 10.2 Å². The van der Waals surface area contributed by atoms with Crippen LogP contribution in [0.2, 0.25) is 0 Å². The van der Waals surface area contributed by atoms with Crippen molar-refractivity contribution in [2.45, 2.75) is 33.1 Å². The molecule has 4 heteroatoms. The van der Waals surface area contributed by atoms with Crippen molar-refractivity contribution < 1.29 is 4.79 Å². The highest BCUT2D eigenvalue weighted by Crippen LogP contribution is 2.22. The SMILES string of the molecule is Cc1cccc(CC(=O)Nc2ccc(N3CCCC(C)C3)nc2)c1. The van der Waals surface area contributed by atoms with Crippen LogP contribution in [0.15, 0.2) is 42.6 Å². The summed E-state index contributed by atoms with van der Waals surface area (Å²) in [6.07, 6.45) is 4.65. The van der Waals surface area contributed by atoms with E-state index in [1.54, 1.807) is 6.20 Å². The average molecular weight is 323 g/mol. The fourth-order valence-electron chi connectivity index (χ4n) is 3.26. The van der Waals surface area contributed by atoms with E-state index >= 15 is 0 Å². The number of anilines is 2. The van der Waals surface area contributed by atoms with Gasteiger partial charge in [0.15, 0.2) is 0 Å². The molecule has 1 aromatic heterocycles. The second-order valence-electron chi connectivity index (χ2n) is 6.81. The lowest BCUT2D eigenvalue weighted by atomic mass is 10.0. The first kappa shape index (κ1) is 16.5. The first-order valence-electron chi connectivity index (χ1n) is 8.66. The molecule has 2 heterocycles. The highest BCUT2D eigenvalue weighted by molar-refractivity contribution is 5.92. The Morgan fingerprint density at radius 1 is 1.33 bits per heavy atom. The molecule has 0 saturated carbocycles. The van der Waals surface area contributed by atoms with Crippen molar-refractivity contribution in [2.75, 3.05) is 23.3 Å². The van der Waals surface area contributed by atoms with Crippen LogP contribution in [-0.4, -0.2) is 24.0 Å². The van der Waals surface area contributed by atoms with Gasteiger partial charge in [0.1, 0.15) is 5.82 Å². The second-order valence-corrected chi connectivity index (χ2v) is 6.81. The lowest BCUT2D eigenvalue weighted by Gasteiger charge is -2.31. The van der Waals surface area contributed by atoms with Crippen LogP contribution in [0.1, 0.15) is 30.9 Å². The largest absolute Gasteiger partial charge is 0.356 e. The number of nitrogens with one attached hydrogen (secondary N) is 1. The van der Waals surface area contributed by atoms with E-state index in [1.807, 2.05) is 43.3 Å². The van der Waals surface area contributed by atoms with Crippen LogP contribution in [0, 0.1) is 12.8 Å². The Labute approximate surface area is 143 Å². The average Bonchev–Trinajstić information content (AvgIpc) is 2.55. The van der Waals surface area contributed by atoms with E-state index in [2.05, 4.69) is 22.1 Å². The van der Waals surface area contributed by atoms with E-state index < -0.39 is 0 Å². The van der Waals surface area contributed by atoms with Crippen LogP contribution >= 0.6 is 0 Å². The normalized spacial score (nSPS) is 17.6. The van der Waals surface area contributed by atoms with Crippen LogP contribution in [0.25, 0.3) is 0 Å². The van der Waals surface area contributed by atoms with Gasteiger partial charge in [0, 0.05) is 13.1 Å². The number of hydrogen-bond donors (Lipinski definition) is 1. The Bertz CT molecular complexity index is 696. The lowest BCUT2D eigenvalue weighted by Crippen LogP contribution is -2.34. The minimum absolute atomic E-state index is 0.0123. The van der Waals surface area contributed by atoms with Gasteiger partial charge in [0.25, 0.3) is 0 Å². The highest BCUT2D eigenvalue weighted by atomic mass is 16.1. The van der Waals surface area contributed by atoms with Gasteiger partial charge in [-0.1, -0.05) is 36.8 Å². The van der Waals surface area contributed by atoms with Gasteiger partial charge in [-0.05, 0) is 43.4 Å². The summed E-state index contributed by atoms with van der Waals surface area (Å²) >= 11 is 0. The number of benzene rings is 1. The maximum atomic E-state index is 12.2. The number of hydrogen-bond acceptors (Lipinski definition) is 3.